The molecule has 3 nitrogen and oxygen atoms in total. The maximum absolute atomic E-state index is 8.32. The molecule has 2 heterocycles. The normalized spacial score (nSPS) is 10.1. The van der Waals surface area contributed by atoms with Crippen molar-refractivity contribution in [2.24, 2.45) is 0 Å². The Morgan fingerprint density at radius 3 is 2.39 bits per heavy atom. The number of aromatic nitrogens is 2. The van der Waals surface area contributed by atoms with Crippen LogP contribution < -0.4 is 0 Å². The third kappa shape index (κ3) is 7.66. The molecule has 160 valence electrons. The number of aliphatic hydroxyl groups is 1. The van der Waals surface area contributed by atoms with Crippen molar-refractivity contribution < 1.29 is 25.2 Å². The number of hydrogen-bond donors (Lipinski definition) is 1. The molecule has 2 aromatic heterocycles. The van der Waals surface area contributed by atoms with Gasteiger partial charge in [0.2, 0.25) is 0 Å². The molecule has 0 unspecified atom stereocenters. The Hall–Kier alpha value is -2.39. The molecule has 0 spiro atoms. The fourth-order valence-corrected chi connectivity index (χ4v) is 3.03. The van der Waals surface area contributed by atoms with Crippen LogP contribution in [0.4, 0.5) is 0 Å². The Balaban J connectivity index is 0.000000329. The summed E-state index contributed by atoms with van der Waals surface area (Å²) in [5.41, 5.74) is 3.66. The first-order valence-electron chi connectivity index (χ1n) is 10.3. The number of hydrogen-bond acceptors (Lipinski definition) is 3. The summed E-state index contributed by atoms with van der Waals surface area (Å²) in [5.74, 6) is 0. The summed E-state index contributed by atoms with van der Waals surface area (Å²) < 4.78 is 0. The molecular formula is C27H27IrN2O. The van der Waals surface area contributed by atoms with Gasteiger partial charge in [-0.05, 0) is 23.2 Å². The van der Waals surface area contributed by atoms with Gasteiger partial charge in [0.15, 0.2) is 0 Å². The predicted octanol–water partition coefficient (Wildman–Crippen LogP) is 6.34. The molecule has 0 radical (unpaired) electrons. The first kappa shape index (κ1) is 24.9. The zero-order valence-corrected chi connectivity index (χ0v) is 19.9. The molecule has 0 aliphatic heterocycles. The fraction of sp³-hybridized carbons (Fsp3) is 0.185. The van der Waals surface area contributed by atoms with E-state index >= 15 is 0 Å². The summed E-state index contributed by atoms with van der Waals surface area (Å²) in [6, 6.07) is 27.4. The Morgan fingerprint density at radius 1 is 0.871 bits per heavy atom. The zero-order valence-electron chi connectivity index (χ0n) is 17.5. The van der Waals surface area contributed by atoms with Gasteiger partial charge in [-0.2, -0.15) is 19.3 Å². The van der Waals surface area contributed by atoms with Crippen molar-refractivity contribution in [1.29, 1.82) is 0 Å². The molecule has 4 heteroatoms. The molecule has 31 heavy (non-hydrogen) atoms. The monoisotopic (exact) mass is 588 g/mol. The van der Waals surface area contributed by atoms with Crippen molar-refractivity contribution in [1.82, 2.24) is 9.97 Å². The zero-order chi connectivity index (χ0) is 21.0. The molecule has 0 atom stereocenters. The third-order valence-electron chi connectivity index (χ3n) is 4.62. The molecule has 0 saturated carbocycles. The number of fused-ring (bicyclic) bond motifs is 1. The molecule has 0 saturated heterocycles. The molecule has 4 aromatic rings. The molecular weight excluding hydrogens is 561 g/mol. The number of unbranched alkanes of at least 4 members (excludes halogenated alkanes) is 4. The van der Waals surface area contributed by atoms with E-state index in [0.29, 0.717) is 0 Å². The van der Waals surface area contributed by atoms with Gasteiger partial charge in [0.05, 0.1) is 11.4 Å². The number of benzene rings is 2. The van der Waals surface area contributed by atoms with Crippen molar-refractivity contribution >= 4 is 10.8 Å². The third-order valence-corrected chi connectivity index (χ3v) is 4.62. The van der Waals surface area contributed by atoms with Crippen LogP contribution in [0.1, 0.15) is 25.7 Å². The van der Waals surface area contributed by atoms with Gasteiger partial charge in [0.1, 0.15) is 0 Å². The van der Waals surface area contributed by atoms with Gasteiger partial charge in [-0.25, -0.2) is 0 Å². The van der Waals surface area contributed by atoms with Crippen molar-refractivity contribution in [2.45, 2.75) is 25.7 Å². The Labute approximate surface area is 198 Å². The molecule has 1 N–H and O–H groups in total. The topological polar surface area (TPSA) is 46.0 Å². The van der Waals surface area contributed by atoms with Gasteiger partial charge >= 0.3 is 20.1 Å². The molecule has 0 fully saturated rings. The standard InChI is InChI=1S/C20H13N2.C7H14O.Ir/c1-2-7-15(8-3-1)18-11-6-12-19(22-18)20-13-16-9-4-5-10-17(16)14-21-20;1-2-3-4-5-6-7-8;/h1-7,9-14H;5,8H,1-4,6-7H2;/q-1;-2;+3. The van der Waals surface area contributed by atoms with Crippen LogP contribution in [0.15, 0.2) is 79.0 Å². The van der Waals surface area contributed by atoms with Crippen molar-refractivity contribution in [3.63, 3.8) is 0 Å². The average molecular weight is 588 g/mol. The summed E-state index contributed by atoms with van der Waals surface area (Å²) >= 11 is 0. The first-order chi connectivity index (χ1) is 14.8. The molecule has 0 amide bonds. The summed E-state index contributed by atoms with van der Waals surface area (Å²) in [5, 5.41) is 10.6. The second-order valence-corrected chi connectivity index (χ2v) is 6.90. The molecule has 0 aliphatic carbocycles. The Bertz CT molecular complexity index is 1030. The van der Waals surface area contributed by atoms with Gasteiger partial charge in [0.25, 0.3) is 0 Å². The second-order valence-electron chi connectivity index (χ2n) is 6.90. The molecule has 4 rings (SSSR count). The Kier molecular flexibility index (Phi) is 11.1. The van der Waals surface area contributed by atoms with Gasteiger partial charge in [-0.1, -0.05) is 36.4 Å². The van der Waals surface area contributed by atoms with Crippen LogP contribution in [-0.2, 0) is 20.1 Å². The van der Waals surface area contributed by atoms with Crippen molar-refractivity contribution in [3.8, 4) is 22.6 Å². The van der Waals surface area contributed by atoms with Crippen LogP contribution in [0.5, 0.6) is 0 Å². The quantitative estimate of drug-likeness (QED) is 0.203. The maximum Gasteiger partial charge on any atom is 3.00 e. The molecule has 0 bridgehead atoms. The average Bonchev–Trinajstić information content (AvgIpc) is 2.83. The largest absolute Gasteiger partial charge is 3.00 e. The van der Waals surface area contributed by atoms with Crippen molar-refractivity contribution in [2.75, 3.05) is 6.61 Å². The van der Waals surface area contributed by atoms with E-state index in [4.69, 9.17) is 10.1 Å². The van der Waals surface area contributed by atoms with E-state index in [0.717, 1.165) is 53.7 Å². The van der Waals surface area contributed by atoms with E-state index in [2.05, 4.69) is 42.6 Å². The SMILES string of the molecule is [CH2-]CCC[CH-]CCO.[Ir+3].[c-]1ccccc1-c1cccc(-c2cc3ccccc3cn2)n1. The number of nitrogens with zero attached hydrogens (tertiary/aromatic N) is 2. The predicted molar refractivity (Wildman–Crippen MR) is 124 cm³/mol. The van der Waals surface area contributed by atoms with Crippen LogP contribution in [0, 0.1) is 19.4 Å². The summed E-state index contributed by atoms with van der Waals surface area (Å²) in [6.45, 7) is 3.99. The van der Waals surface area contributed by atoms with E-state index in [9.17, 15) is 0 Å². The van der Waals surface area contributed by atoms with E-state index < -0.39 is 0 Å². The molecule has 2 aromatic carbocycles. The van der Waals surface area contributed by atoms with Gasteiger partial charge in [0, 0.05) is 18.2 Å². The van der Waals surface area contributed by atoms with Gasteiger partial charge in [-0.15, -0.1) is 42.3 Å². The van der Waals surface area contributed by atoms with Crippen LogP contribution in [0.3, 0.4) is 0 Å². The van der Waals surface area contributed by atoms with E-state index in [1.807, 2.05) is 60.8 Å². The maximum atomic E-state index is 8.32. The minimum Gasteiger partial charge on any atom is -0.399 e. The fourth-order valence-electron chi connectivity index (χ4n) is 3.03. The number of aliphatic hydroxyl groups excluding tert-OH is 1. The van der Waals surface area contributed by atoms with Gasteiger partial charge in [-0.3, -0.25) is 9.97 Å². The van der Waals surface area contributed by atoms with E-state index in [1.165, 1.54) is 5.39 Å². The summed E-state index contributed by atoms with van der Waals surface area (Å²) in [6.07, 6.45) is 8.09. The minimum absolute atomic E-state index is 0. The minimum atomic E-state index is 0. The summed E-state index contributed by atoms with van der Waals surface area (Å²) in [7, 11) is 0. The van der Waals surface area contributed by atoms with Gasteiger partial charge < -0.3 is 18.5 Å². The summed E-state index contributed by atoms with van der Waals surface area (Å²) in [4.78, 5) is 9.27. The van der Waals surface area contributed by atoms with E-state index in [1.54, 1.807) is 0 Å². The smallest absolute Gasteiger partial charge is 0.399 e. The Morgan fingerprint density at radius 2 is 1.65 bits per heavy atom. The number of rotatable bonds is 7. The van der Waals surface area contributed by atoms with Crippen LogP contribution in [-0.4, -0.2) is 21.7 Å². The van der Waals surface area contributed by atoms with Crippen LogP contribution >= 0.6 is 0 Å². The van der Waals surface area contributed by atoms with Crippen LogP contribution in [0.2, 0.25) is 0 Å². The first-order valence-corrected chi connectivity index (χ1v) is 10.3. The van der Waals surface area contributed by atoms with Crippen LogP contribution in [0.25, 0.3) is 33.4 Å². The number of pyridine rings is 2. The van der Waals surface area contributed by atoms with Crippen molar-refractivity contribution in [3.05, 3.63) is 98.4 Å². The van der Waals surface area contributed by atoms with E-state index in [-0.39, 0.29) is 26.7 Å². The second kappa shape index (κ2) is 13.8. The molecule has 0 aliphatic rings.